The number of hydrogen-bond acceptors (Lipinski definition) is 0. The first kappa shape index (κ1) is 24.5. The Balaban J connectivity index is 0.000000283. The van der Waals surface area contributed by atoms with Crippen molar-refractivity contribution in [2.24, 2.45) is 0 Å². The zero-order valence-corrected chi connectivity index (χ0v) is 19.2. The van der Waals surface area contributed by atoms with Crippen LogP contribution in [0.4, 0.5) is 0 Å². The highest BCUT2D eigenvalue weighted by Gasteiger charge is 2.02. The Labute approximate surface area is 174 Å². The lowest BCUT2D eigenvalue weighted by atomic mass is 10.2. The molecule has 2 aromatic heterocycles. The average molecular weight is 391 g/mol. The summed E-state index contributed by atoms with van der Waals surface area (Å²) in [6, 6.07) is 0. The van der Waals surface area contributed by atoms with Gasteiger partial charge in [-0.15, -0.1) is 0 Å². The fourth-order valence-corrected chi connectivity index (χ4v) is 3.24. The average Bonchev–Trinajstić information content (AvgIpc) is 3.37. The van der Waals surface area contributed by atoms with Crippen LogP contribution in [0.5, 0.6) is 0 Å². The standard InChI is InChI=1S/C13H25N2.C11H21N2/c1-3-5-7-8-10-15-12-11-14(13-15)9-6-4-2;1-3-5-6-7-8-13-10-9-12(4-2)11-13/h11-13H,3-10H2,1-2H3;9-11H,3-8H2,1-2H3/q2*+1. The summed E-state index contributed by atoms with van der Waals surface area (Å²) >= 11 is 0. The summed E-state index contributed by atoms with van der Waals surface area (Å²) in [7, 11) is 0. The summed E-state index contributed by atoms with van der Waals surface area (Å²) in [5.74, 6) is 0. The third kappa shape index (κ3) is 11.3. The van der Waals surface area contributed by atoms with Crippen molar-refractivity contribution in [3.8, 4) is 0 Å². The molecule has 0 unspecified atom stereocenters. The molecule has 160 valence electrons. The Morgan fingerprint density at radius 2 is 1.07 bits per heavy atom. The minimum absolute atomic E-state index is 1.07. The summed E-state index contributed by atoms with van der Waals surface area (Å²) < 4.78 is 9.09. The van der Waals surface area contributed by atoms with Gasteiger partial charge < -0.3 is 0 Å². The molecule has 0 saturated carbocycles. The van der Waals surface area contributed by atoms with Crippen molar-refractivity contribution in [3.05, 3.63) is 37.4 Å². The maximum atomic E-state index is 2.31. The molecule has 0 aliphatic carbocycles. The molecule has 4 heteroatoms. The lowest BCUT2D eigenvalue weighted by Crippen LogP contribution is -2.30. The minimum Gasteiger partial charge on any atom is -0.237 e. The Kier molecular flexibility index (Phi) is 14.3. The second-order valence-corrected chi connectivity index (χ2v) is 7.85. The molecule has 0 spiro atoms. The van der Waals surface area contributed by atoms with Crippen LogP contribution in [-0.4, -0.2) is 9.13 Å². The maximum Gasteiger partial charge on any atom is 0.243 e. The highest BCUT2D eigenvalue weighted by molar-refractivity contribution is 4.66. The summed E-state index contributed by atoms with van der Waals surface area (Å²) in [6.45, 7) is 13.5. The molecule has 2 rings (SSSR count). The van der Waals surface area contributed by atoms with Crippen LogP contribution < -0.4 is 9.13 Å². The Hall–Kier alpha value is -1.58. The molecule has 28 heavy (non-hydrogen) atoms. The zero-order valence-electron chi connectivity index (χ0n) is 19.2. The lowest BCUT2D eigenvalue weighted by Gasteiger charge is -1.96. The molecule has 0 bridgehead atoms. The van der Waals surface area contributed by atoms with Crippen LogP contribution in [0.15, 0.2) is 37.4 Å². The number of hydrogen-bond donors (Lipinski definition) is 0. The predicted octanol–water partition coefficient (Wildman–Crippen LogP) is 5.53. The zero-order chi connectivity index (χ0) is 20.5. The Morgan fingerprint density at radius 3 is 1.54 bits per heavy atom. The molecular weight excluding hydrogens is 344 g/mol. The second kappa shape index (κ2) is 16.4. The molecule has 0 aliphatic rings. The van der Waals surface area contributed by atoms with Gasteiger partial charge in [0, 0.05) is 0 Å². The first-order chi connectivity index (χ1) is 13.7. The van der Waals surface area contributed by atoms with Crippen LogP contribution in [0.1, 0.15) is 91.9 Å². The predicted molar refractivity (Wildman–Crippen MR) is 118 cm³/mol. The van der Waals surface area contributed by atoms with Crippen molar-refractivity contribution < 1.29 is 9.13 Å². The van der Waals surface area contributed by atoms with E-state index in [1.165, 1.54) is 83.8 Å². The minimum atomic E-state index is 1.07. The smallest absolute Gasteiger partial charge is 0.237 e. The van der Waals surface area contributed by atoms with Crippen molar-refractivity contribution in [1.82, 2.24) is 9.13 Å². The topological polar surface area (TPSA) is 17.6 Å². The van der Waals surface area contributed by atoms with Crippen LogP contribution in [0.3, 0.4) is 0 Å². The van der Waals surface area contributed by atoms with Gasteiger partial charge in [-0.05, 0) is 39.0 Å². The van der Waals surface area contributed by atoms with E-state index in [1.807, 2.05) is 0 Å². The third-order valence-electron chi connectivity index (χ3n) is 5.17. The summed E-state index contributed by atoms with van der Waals surface area (Å²) in [5.41, 5.74) is 0. The van der Waals surface area contributed by atoms with Crippen molar-refractivity contribution in [2.45, 2.75) is 118 Å². The number of unbranched alkanes of at least 4 members (excludes halogenated alkanes) is 7. The van der Waals surface area contributed by atoms with E-state index < -0.39 is 0 Å². The Bertz CT molecular complexity index is 585. The molecule has 0 saturated heterocycles. The first-order valence-corrected chi connectivity index (χ1v) is 11.8. The normalized spacial score (nSPS) is 10.7. The van der Waals surface area contributed by atoms with E-state index in [1.54, 1.807) is 0 Å². The van der Waals surface area contributed by atoms with Crippen molar-refractivity contribution in [1.29, 1.82) is 0 Å². The molecule has 0 amide bonds. The second-order valence-electron chi connectivity index (χ2n) is 7.85. The number of rotatable bonds is 14. The van der Waals surface area contributed by atoms with Crippen LogP contribution in [0.2, 0.25) is 0 Å². The van der Waals surface area contributed by atoms with E-state index in [2.05, 4.69) is 83.4 Å². The van der Waals surface area contributed by atoms with Gasteiger partial charge in [-0.3, -0.25) is 0 Å². The molecule has 4 nitrogen and oxygen atoms in total. The third-order valence-corrected chi connectivity index (χ3v) is 5.17. The monoisotopic (exact) mass is 390 g/mol. The van der Waals surface area contributed by atoms with E-state index in [0.29, 0.717) is 0 Å². The van der Waals surface area contributed by atoms with E-state index in [0.717, 1.165) is 6.54 Å². The molecule has 0 fully saturated rings. The number of aryl methyl sites for hydroxylation is 4. The van der Waals surface area contributed by atoms with Gasteiger partial charge in [0.05, 0.1) is 26.2 Å². The van der Waals surface area contributed by atoms with Gasteiger partial charge in [-0.2, -0.15) is 0 Å². The number of nitrogens with zero attached hydrogens (tertiary/aromatic N) is 4. The highest BCUT2D eigenvalue weighted by Crippen LogP contribution is 2.01. The van der Waals surface area contributed by atoms with Crippen molar-refractivity contribution in [2.75, 3.05) is 0 Å². The van der Waals surface area contributed by atoms with Crippen molar-refractivity contribution in [3.63, 3.8) is 0 Å². The van der Waals surface area contributed by atoms with Gasteiger partial charge in [0.1, 0.15) is 24.8 Å². The van der Waals surface area contributed by atoms with Gasteiger partial charge in [0.15, 0.2) is 0 Å². The van der Waals surface area contributed by atoms with Crippen LogP contribution in [-0.2, 0) is 26.2 Å². The van der Waals surface area contributed by atoms with Gasteiger partial charge >= 0.3 is 0 Å². The number of aromatic nitrogens is 4. The lowest BCUT2D eigenvalue weighted by molar-refractivity contribution is -0.696. The molecule has 0 aromatic carbocycles. The van der Waals surface area contributed by atoms with E-state index in [4.69, 9.17) is 0 Å². The largest absolute Gasteiger partial charge is 0.243 e. The number of imidazole rings is 2. The molecule has 0 aliphatic heterocycles. The van der Waals surface area contributed by atoms with E-state index in [-0.39, 0.29) is 0 Å². The molecule has 2 heterocycles. The Morgan fingerprint density at radius 1 is 0.571 bits per heavy atom. The molecular formula is C24H46N4+2. The van der Waals surface area contributed by atoms with Gasteiger partial charge in [-0.25, -0.2) is 18.3 Å². The van der Waals surface area contributed by atoms with Crippen LogP contribution >= 0.6 is 0 Å². The summed E-state index contributed by atoms with van der Waals surface area (Å²) in [5, 5.41) is 0. The van der Waals surface area contributed by atoms with E-state index in [9.17, 15) is 0 Å². The summed E-state index contributed by atoms with van der Waals surface area (Å²) in [4.78, 5) is 0. The molecule has 2 aromatic rings. The van der Waals surface area contributed by atoms with Gasteiger partial charge in [0.2, 0.25) is 12.7 Å². The molecule has 0 atom stereocenters. The fraction of sp³-hybridized carbons (Fsp3) is 0.750. The van der Waals surface area contributed by atoms with Gasteiger partial charge in [0.25, 0.3) is 0 Å². The molecule has 0 N–H and O–H groups in total. The van der Waals surface area contributed by atoms with Crippen LogP contribution in [0.25, 0.3) is 0 Å². The fourth-order valence-electron chi connectivity index (χ4n) is 3.24. The van der Waals surface area contributed by atoms with Gasteiger partial charge in [-0.1, -0.05) is 52.9 Å². The van der Waals surface area contributed by atoms with Crippen molar-refractivity contribution >= 4 is 0 Å². The SMILES string of the molecule is CCCCCCn1cc[n+](CC)c1.CCCCCCn1cc[n+](CCCC)c1. The van der Waals surface area contributed by atoms with E-state index >= 15 is 0 Å². The van der Waals surface area contributed by atoms with Crippen LogP contribution in [0, 0.1) is 0 Å². The first-order valence-electron chi connectivity index (χ1n) is 11.8. The summed E-state index contributed by atoms with van der Waals surface area (Å²) in [6.07, 6.45) is 26.4. The maximum absolute atomic E-state index is 2.31. The molecule has 0 radical (unpaired) electrons. The quantitative estimate of drug-likeness (QED) is 0.298. The highest BCUT2D eigenvalue weighted by atomic mass is 15.1.